The molecule has 0 saturated carbocycles. The number of nitrogens with zero attached hydrogens (tertiary/aromatic N) is 1. The SMILES string of the molecule is CC1CC(CCNC2=NCCCN2)CC(C)O1.I. The Labute approximate surface area is 127 Å². The summed E-state index contributed by atoms with van der Waals surface area (Å²) >= 11 is 0. The Hall–Kier alpha value is -0.0400. The Morgan fingerprint density at radius 1 is 1.33 bits per heavy atom. The van der Waals surface area contributed by atoms with Gasteiger partial charge in [-0.3, -0.25) is 4.99 Å². The topological polar surface area (TPSA) is 45.7 Å². The maximum Gasteiger partial charge on any atom is 0.191 e. The first kappa shape index (κ1) is 16.0. The zero-order valence-electron chi connectivity index (χ0n) is 11.4. The molecule has 106 valence electrons. The lowest BCUT2D eigenvalue weighted by atomic mass is 9.90. The van der Waals surface area contributed by atoms with Crippen molar-refractivity contribution in [3.8, 4) is 0 Å². The minimum atomic E-state index is 0. The highest BCUT2D eigenvalue weighted by Crippen LogP contribution is 2.26. The molecule has 5 heteroatoms. The number of nitrogens with one attached hydrogen (secondary N) is 2. The normalized spacial score (nSPS) is 31.9. The van der Waals surface area contributed by atoms with Gasteiger partial charge in [-0.05, 0) is 45.4 Å². The van der Waals surface area contributed by atoms with Gasteiger partial charge in [0.25, 0.3) is 0 Å². The third-order valence-corrected chi connectivity index (χ3v) is 3.54. The summed E-state index contributed by atoms with van der Waals surface area (Å²) in [6, 6.07) is 0. The number of hydrogen-bond donors (Lipinski definition) is 2. The fraction of sp³-hybridized carbons (Fsp3) is 0.923. The molecule has 4 nitrogen and oxygen atoms in total. The van der Waals surface area contributed by atoms with E-state index in [2.05, 4.69) is 29.5 Å². The van der Waals surface area contributed by atoms with Gasteiger partial charge in [-0.15, -0.1) is 24.0 Å². The molecule has 2 aliphatic rings. The smallest absolute Gasteiger partial charge is 0.191 e. The Morgan fingerprint density at radius 3 is 2.67 bits per heavy atom. The highest BCUT2D eigenvalue weighted by atomic mass is 127. The van der Waals surface area contributed by atoms with E-state index < -0.39 is 0 Å². The van der Waals surface area contributed by atoms with Crippen LogP contribution in [0.3, 0.4) is 0 Å². The lowest BCUT2D eigenvalue weighted by molar-refractivity contribution is -0.0530. The van der Waals surface area contributed by atoms with Gasteiger partial charge in [0, 0.05) is 19.6 Å². The summed E-state index contributed by atoms with van der Waals surface area (Å²) in [4.78, 5) is 4.41. The fourth-order valence-electron chi connectivity index (χ4n) is 2.82. The second-order valence-corrected chi connectivity index (χ2v) is 5.32. The molecule has 2 atom stereocenters. The number of halogens is 1. The van der Waals surface area contributed by atoms with Gasteiger partial charge in [-0.1, -0.05) is 0 Å². The lowest BCUT2D eigenvalue weighted by Gasteiger charge is -2.32. The predicted octanol–water partition coefficient (Wildman–Crippen LogP) is 2.14. The van der Waals surface area contributed by atoms with E-state index in [-0.39, 0.29) is 24.0 Å². The Bertz CT molecular complexity index is 263. The maximum atomic E-state index is 5.76. The van der Waals surface area contributed by atoms with Gasteiger partial charge in [0.2, 0.25) is 0 Å². The van der Waals surface area contributed by atoms with Crippen LogP contribution in [0.15, 0.2) is 4.99 Å². The van der Waals surface area contributed by atoms with Crippen molar-refractivity contribution in [1.82, 2.24) is 10.6 Å². The van der Waals surface area contributed by atoms with E-state index in [1.54, 1.807) is 0 Å². The standard InChI is InChI=1S/C13H25N3O.HI/c1-10-8-12(9-11(2)17-10)4-7-16-13-14-5-3-6-15-13;/h10-12H,3-9H2,1-2H3,(H2,14,15,16);1H. The molecule has 2 heterocycles. The number of guanidine groups is 1. The van der Waals surface area contributed by atoms with E-state index >= 15 is 0 Å². The van der Waals surface area contributed by atoms with Crippen molar-refractivity contribution >= 4 is 29.9 Å². The quantitative estimate of drug-likeness (QED) is 0.752. The minimum Gasteiger partial charge on any atom is -0.376 e. The second-order valence-electron chi connectivity index (χ2n) is 5.32. The molecule has 0 aliphatic carbocycles. The number of rotatable bonds is 3. The van der Waals surface area contributed by atoms with Crippen molar-refractivity contribution in [1.29, 1.82) is 0 Å². The summed E-state index contributed by atoms with van der Waals surface area (Å²) in [6.45, 7) is 7.40. The zero-order valence-corrected chi connectivity index (χ0v) is 13.8. The molecule has 0 aromatic rings. The molecule has 18 heavy (non-hydrogen) atoms. The van der Waals surface area contributed by atoms with Crippen molar-refractivity contribution in [2.75, 3.05) is 19.6 Å². The summed E-state index contributed by atoms with van der Waals surface area (Å²) in [7, 11) is 0. The molecule has 0 aromatic carbocycles. The van der Waals surface area contributed by atoms with Crippen LogP contribution in [-0.4, -0.2) is 37.8 Å². The molecule has 0 spiro atoms. The first-order valence-corrected chi connectivity index (χ1v) is 6.91. The molecule has 0 aromatic heterocycles. The molecule has 0 bridgehead atoms. The molecule has 1 saturated heterocycles. The van der Waals surface area contributed by atoms with Crippen molar-refractivity contribution in [2.45, 2.75) is 51.7 Å². The van der Waals surface area contributed by atoms with E-state index in [1.165, 1.54) is 19.3 Å². The Kier molecular flexibility index (Phi) is 7.29. The van der Waals surface area contributed by atoms with Crippen LogP contribution in [0.25, 0.3) is 0 Å². The summed E-state index contributed by atoms with van der Waals surface area (Å²) in [5.41, 5.74) is 0. The van der Waals surface area contributed by atoms with Gasteiger partial charge < -0.3 is 15.4 Å². The third-order valence-electron chi connectivity index (χ3n) is 3.54. The van der Waals surface area contributed by atoms with Gasteiger partial charge in [0.15, 0.2) is 5.96 Å². The van der Waals surface area contributed by atoms with Gasteiger partial charge in [-0.2, -0.15) is 0 Å². The van der Waals surface area contributed by atoms with Crippen LogP contribution >= 0.6 is 24.0 Å². The van der Waals surface area contributed by atoms with Crippen LogP contribution in [0.2, 0.25) is 0 Å². The van der Waals surface area contributed by atoms with Crippen LogP contribution in [0, 0.1) is 5.92 Å². The first-order valence-electron chi connectivity index (χ1n) is 6.91. The molecule has 2 rings (SSSR count). The average Bonchev–Trinajstić information content (AvgIpc) is 2.29. The zero-order chi connectivity index (χ0) is 12.1. The van der Waals surface area contributed by atoms with Crippen LogP contribution < -0.4 is 10.6 Å². The number of aliphatic imine (C=N–C) groups is 1. The predicted molar refractivity (Wildman–Crippen MR) is 85.7 cm³/mol. The first-order chi connectivity index (χ1) is 8.24. The minimum absolute atomic E-state index is 0. The van der Waals surface area contributed by atoms with Gasteiger partial charge in [0.1, 0.15) is 0 Å². The molecule has 0 radical (unpaired) electrons. The molecule has 0 amide bonds. The van der Waals surface area contributed by atoms with Gasteiger partial charge >= 0.3 is 0 Å². The monoisotopic (exact) mass is 367 g/mol. The summed E-state index contributed by atoms with van der Waals surface area (Å²) in [5.74, 6) is 1.79. The van der Waals surface area contributed by atoms with Crippen molar-refractivity contribution in [2.24, 2.45) is 10.9 Å². The van der Waals surface area contributed by atoms with E-state index in [1.807, 2.05) is 0 Å². The molecule has 2 unspecified atom stereocenters. The van der Waals surface area contributed by atoms with Crippen molar-refractivity contribution < 1.29 is 4.74 Å². The summed E-state index contributed by atoms with van der Waals surface area (Å²) in [6.07, 6.45) is 5.62. The van der Waals surface area contributed by atoms with Crippen molar-refractivity contribution in [3.63, 3.8) is 0 Å². The van der Waals surface area contributed by atoms with Crippen LogP contribution in [-0.2, 0) is 4.74 Å². The molecular weight excluding hydrogens is 341 g/mol. The Balaban J connectivity index is 0.00000162. The van der Waals surface area contributed by atoms with E-state index in [0.29, 0.717) is 12.2 Å². The highest BCUT2D eigenvalue weighted by Gasteiger charge is 2.23. The molecule has 1 fully saturated rings. The summed E-state index contributed by atoms with van der Waals surface area (Å²) < 4.78 is 5.76. The summed E-state index contributed by atoms with van der Waals surface area (Å²) in [5, 5.41) is 6.69. The average molecular weight is 367 g/mol. The fourth-order valence-corrected chi connectivity index (χ4v) is 2.82. The van der Waals surface area contributed by atoms with Crippen molar-refractivity contribution in [3.05, 3.63) is 0 Å². The molecule has 2 aliphatic heterocycles. The Morgan fingerprint density at radius 2 is 2.06 bits per heavy atom. The van der Waals surface area contributed by atoms with Gasteiger partial charge in [-0.25, -0.2) is 0 Å². The van der Waals surface area contributed by atoms with Crippen LogP contribution in [0.4, 0.5) is 0 Å². The third kappa shape index (κ3) is 5.30. The van der Waals surface area contributed by atoms with E-state index in [0.717, 1.165) is 37.9 Å². The molecule has 2 N–H and O–H groups in total. The molecular formula is C13H26IN3O. The highest BCUT2D eigenvalue weighted by molar-refractivity contribution is 14.0. The van der Waals surface area contributed by atoms with Gasteiger partial charge in [0.05, 0.1) is 12.2 Å². The largest absolute Gasteiger partial charge is 0.376 e. The van der Waals surface area contributed by atoms with E-state index in [9.17, 15) is 0 Å². The second kappa shape index (κ2) is 8.19. The van der Waals surface area contributed by atoms with Crippen LogP contribution in [0.1, 0.15) is 39.5 Å². The van der Waals surface area contributed by atoms with Crippen LogP contribution in [0.5, 0.6) is 0 Å². The number of hydrogen-bond acceptors (Lipinski definition) is 4. The number of ether oxygens (including phenoxy) is 1. The van der Waals surface area contributed by atoms with E-state index in [4.69, 9.17) is 4.74 Å². The maximum absolute atomic E-state index is 5.76. The lowest BCUT2D eigenvalue weighted by Crippen LogP contribution is -2.41.